The topological polar surface area (TPSA) is 85.9 Å². The Hall–Kier alpha value is -4.15. The molecule has 4 aromatic rings. The Morgan fingerprint density at radius 3 is 2.80 bits per heavy atom. The van der Waals surface area contributed by atoms with Gasteiger partial charge in [0, 0.05) is 35.1 Å². The molecule has 1 aliphatic heterocycles. The van der Waals surface area contributed by atoms with Crippen LogP contribution in [-0.4, -0.2) is 45.7 Å². The van der Waals surface area contributed by atoms with Gasteiger partial charge in [-0.3, -0.25) is 10.1 Å². The largest absolute Gasteiger partial charge is 0.329 e. The molecule has 3 heterocycles. The number of pyridine rings is 1. The molecular formula is C28H28N6O. The number of H-pyrrole nitrogens is 1. The average Bonchev–Trinajstić information content (AvgIpc) is 3.30. The van der Waals surface area contributed by atoms with Gasteiger partial charge in [-0.25, -0.2) is 4.79 Å². The average molecular weight is 465 g/mol. The number of rotatable bonds is 4. The molecule has 0 spiro atoms. The molecule has 2 atom stereocenters. The van der Waals surface area contributed by atoms with E-state index in [1.807, 2.05) is 48.5 Å². The van der Waals surface area contributed by atoms with Gasteiger partial charge < -0.3 is 15.5 Å². The highest BCUT2D eigenvalue weighted by Crippen LogP contribution is 2.28. The van der Waals surface area contributed by atoms with Gasteiger partial charge in [0.1, 0.15) is 5.69 Å². The van der Waals surface area contributed by atoms with E-state index in [-0.39, 0.29) is 18.1 Å². The van der Waals surface area contributed by atoms with Gasteiger partial charge in [-0.1, -0.05) is 42.7 Å². The predicted molar refractivity (Wildman–Crippen MR) is 138 cm³/mol. The lowest BCUT2D eigenvalue weighted by Crippen LogP contribution is -2.47. The maximum absolute atomic E-state index is 13.1. The van der Waals surface area contributed by atoms with Crippen molar-refractivity contribution in [3.05, 3.63) is 89.9 Å². The molecule has 2 aromatic carbocycles. The van der Waals surface area contributed by atoms with Crippen LogP contribution in [0.15, 0.2) is 73.1 Å². The van der Waals surface area contributed by atoms with Crippen molar-refractivity contribution in [3.63, 3.8) is 0 Å². The van der Waals surface area contributed by atoms with Crippen LogP contribution in [0, 0.1) is 11.8 Å². The summed E-state index contributed by atoms with van der Waals surface area (Å²) in [6.07, 6.45) is 6.85. The van der Waals surface area contributed by atoms with Crippen LogP contribution in [-0.2, 0) is 0 Å². The molecule has 0 bridgehead atoms. The van der Waals surface area contributed by atoms with Crippen molar-refractivity contribution < 1.29 is 4.79 Å². The second-order valence-electron chi connectivity index (χ2n) is 8.85. The molecule has 1 aliphatic rings. The molecule has 1 saturated heterocycles. The minimum atomic E-state index is -0.233. The summed E-state index contributed by atoms with van der Waals surface area (Å²) in [4.78, 5) is 19.6. The molecule has 3 N–H and O–H groups in total. The summed E-state index contributed by atoms with van der Waals surface area (Å²) in [6, 6.07) is 19.5. The van der Waals surface area contributed by atoms with E-state index in [0.29, 0.717) is 11.4 Å². The van der Waals surface area contributed by atoms with Crippen LogP contribution < -0.4 is 10.6 Å². The van der Waals surface area contributed by atoms with Gasteiger partial charge in [0.2, 0.25) is 0 Å². The summed E-state index contributed by atoms with van der Waals surface area (Å²) in [5.41, 5.74) is 4.10. The molecule has 2 aromatic heterocycles. The second-order valence-corrected chi connectivity index (χ2v) is 8.85. The standard InChI is InChI=1S/C28H28N6O/c1-34-17-6-5-11-26(34)27(21-9-3-2-4-10-21)31-28(35)30-22-13-15-25-23(18-22)24(32-33-25)14-12-20-8-7-16-29-19-20/h2-4,7-10,13,15-16,18-19,26-27H,5-6,11,17H2,1H3,(H,32,33)(H2,30,31,35)/t26-,27+/m1/s1. The van der Waals surface area contributed by atoms with Crippen molar-refractivity contribution in [2.75, 3.05) is 18.9 Å². The molecule has 2 amide bonds. The van der Waals surface area contributed by atoms with E-state index >= 15 is 0 Å². The fourth-order valence-electron chi connectivity index (χ4n) is 4.65. The zero-order valence-corrected chi connectivity index (χ0v) is 19.7. The molecule has 7 heteroatoms. The summed E-state index contributed by atoms with van der Waals surface area (Å²) < 4.78 is 0. The molecule has 35 heavy (non-hydrogen) atoms. The molecule has 5 rings (SSSR count). The second kappa shape index (κ2) is 10.4. The van der Waals surface area contributed by atoms with E-state index in [1.54, 1.807) is 12.4 Å². The lowest BCUT2D eigenvalue weighted by molar-refractivity contribution is 0.147. The van der Waals surface area contributed by atoms with Crippen LogP contribution in [0.5, 0.6) is 0 Å². The summed E-state index contributed by atoms with van der Waals surface area (Å²) in [6.45, 7) is 1.04. The van der Waals surface area contributed by atoms with Gasteiger partial charge >= 0.3 is 6.03 Å². The Labute approximate surface area is 205 Å². The number of nitrogens with one attached hydrogen (secondary N) is 3. The zero-order chi connectivity index (χ0) is 24.0. The molecule has 0 unspecified atom stereocenters. The van der Waals surface area contributed by atoms with Crippen molar-refractivity contribution in [3.8, 4) is 11.8 Å². The highest BCUT2D eigenvalue weighted by Gasteiger charge is 2.30. The quantitative estimate of drug-likeness (QED) is 0.382. The van der Waals surface area contributed by atoms with E-state index in [9.17, 15) is 4.79 Å². The van der Waals surface area contributed by atoms with E-state index < -0.39 is 0 Å². The smallest absolute Gasteiger partial charge is 0.319 e. The lowest BCUT2D eigenvalue weighted by atomic mass is 9.91. The number of benzene rings is 2. The Balaban J connectivity index is 1.35. The number of piperidine rings is 1. The minimum Gasteiger partial charge on any atom is -0.329 e. The van der Waals surface area contributed by atoms with Crippen molar-refractivity contribution in [1.82, 2.24) is 25.4 Å². The van der Waals surface area contributed by atoms with E-state index in [4.69, 9.17) is 0 Å². The van der Waals surface area contributed by atoms with Crippen molar-refractivity contribution >= 4 is 22.6 Å². The SMILES string of the molecule is CN1CCCC[C@@H]1[C@@H](NC(=O)Nc1ccc2n[nH]c(C#Cc3cccnc3)c2c1)c1ccccc1. The van der Waals surface area contributed by atoms with Crippen LogP contribution in [0.25, 0.3) is 10.9 Å². The van der Waals surface area contributed by atoms with E-state index in [2.05, 4.69) is 61.7 Å². The Morgan fingerprint density at radius 2 is 2.00 bits per heavy atom. The van der Waals surface area contributed by atoms with Crippen molar-refractivity contribution in [2.24, 2.45) is 0 Å². The number of likely N-dealkylation sites (tertiary alicyclic amines) is 1. The van der Waals surface area contributed by atoms with Gasteiger partial charge in [-0.15, -0.1) is 0 Å². The maximum Gasteiger partial charge on any atom is 0.319 e. The number of carbonyl (C=O) groups is 1. The number of nitrogens with zero attached hydrogens (tertiary/aromatic N) is 3. The molecular weight excluding hydrogens is 436 g/mol. The Bertz CT molecular complexity index is 1360. The highest BCUT2D eigenvalue weighted by atomic mass is 16.2. The van der Waals surface area contributed by atoms with Crippen LogP contribution >= 0.6 is 0 Å². The van der Waals surface area contributed by atoms with Gasteiger partial charge in [-0.05, 0) is 68.2 Å². The number of amides is 2. The molecule has 0 aliphatic carbocycles. The minimum absolute atomic E-state index is 0.0972. The van der Waals surface area contributed by atoms with Gasteiger partial charge in [-0.2, -0.15) is 5.10 Å². The molecule has 0 saturated carbocycles. The van der Waals surface area contributed by atoms with Crippen molar-refractivity contribution in [1.29, 1.82) is 0 Å². The third-order valence-electron chi connectivity index (χ3n) is 6.46. The molecule has 7 nitrogen and oxygen atoms in total. The Kier molecular flexibility index (Phi) is 6.73. The number of fused-ring (bicyclic) bond motifs is 1. The van der Waals surface area contributed by atoms with Gasteiger partial charge in [0.15, 0.2) is 0 Å². The number of carbonyl (C=O) groups excluding carboxylic acids is 1. The third-order valence-corrected chi connectivity index (χ3v) is 6.46. The monoisotopic (exact) mass is 464 g/mol. The number of aromatic amines is 1. The summed E-state index contributed by atoms with van der Waals surface area (Å²) >= 11 is 0. The van der Waals surface area contributed by atoms with Crippen molar-refractivity contribution in [2.45, 2.75) is 31.3 Å². The first-order valence-electron chi connectivity index (χ1n) is 11.9. The summed E-state index contributed by atoms with van der Waals surface area (Å²) in [7, 11) is 2.14. The first kappa shape index (κ1) is 22.6. The number of urea groups is 1. The summed E-state index contributed by atoms with van der Waals surface area (Å²) in [5.74, 6) is 6.22. The molecule has 0 radical (unpaired) electrons. The predicted octanol–water partition coefficient (Wildman–Crippen LogP) is 4.70. The number of hydrogen-bond donors (Lipinski definition) is 3. The van der Waals surface area contributed by atoms with Gasteiger partial charge in [0.05, 0.1) is 11.6 Å². The lowest BCUT2D eigenvalue weighted by Gasteiger charge is -2.38. The van der Waals surface area contributed by atoms with E-state index in [1.165, 1.54) is 12.8 Å². The van der Waals surface area contributed by atoms with Crippen LogP contribution in [0.1, 0.15) is 42.1 Å². The van der Waals surface area contributed by atoms with Crippen LogP contribution in [0.4, 0.5) is 10.5 Å². The first-order chi connectivity index (χ1) is 17.2. The zero-order valence-electron chi connectivity index (χ0n) is 19.7. The Morgan fingerprint density at radius 1 is 1.11 bits per heavy atom. The van der Waals surface area contributed by atoms with E-state index in [0.717, 1.165) is 35.0 Å². The third kappa shape index (κ3) is 5.34. The van der Waals surface area contributed by atoms with Crippen LogP contribution in [0.2, 0.25) is 0 Å². The van der Waals surface area contributed by atoms with Crippen LogP contribution in [0.3, 0.4) is 0 Å². The number of aromatic nitrogens is 3. The summed E-state index contributed by atoms with van der Waals surface area (Å²) in [5, 5.41) is 14.4. The molecule has 1 fully saturated rings. The fourth-order valence-corrected chi connectivity index (χ4v) is 4.65. The molecule has 176 valence electrons. The maximum atomic E-state index is 13.1. The highest BCUT2D eigenvalue weighted by molar-refractivity contribution is 5.94. The fraction of sp³-hybridized carbons (Fsp3) is 0.250. The normalized spacial score (nSPS) is 16.8. The first-order valence-corrected chi connectivity index (χ1v) is 11.9. The number of likely N-dealkylation sites (N-methyl/N-ethyl adjacent to an activating group) is 1. The number of anilines is 1. The number of hydrogen-bond acceptors (Lipinski definition) is 4. The van der Waals surface area contributed by atoms with Gasteiger partial charge in [0.25, 0.3) is 0 Å².